The Morgan fingerprint density at radius 1 is 1.05 bits per heavy atom. The van der Waals surface area contributed by atoms with Crippen molar-refractivity contribution in [2.75, 3.05) is 7.05 Å². The Morgan fingerprint density at radius 3 is 2.14 bits per heavy atom. The highest BCUT2D eigenvalue weighted by Gasteiger charge is 2.30. The number of nitrogens with zero attached hydrogens (tertiary/aromatic N) is 2. The van der Waals surface area contributed by atoms with E-state index in [1.54, 1.807) is 0 Å². The lowest BCUT2D eigenvalue weighted by molar-refractivity contribution is 0.230. The molecule has 2 atom stereocenters. The lowest BCUT2D eigenvalue weighted by Crippen LogP contribution is -2.30. The summed E-state index contributed by atoms with van der Waals surface area (Å²) in [5.41, 5.74) is 8.20. The number of likely N-dealkylation sites (N-methyl/N-ethyl adjacent to an activating group) is 1. The zero-order valence-corrected chi connectivity index (χ0v) is 15.8. The summed E-state index contributed by atoms with van der Waals surface area (Å²) in [4.78, 5) is 7.46. The van der Waals surface area contributed by atoms with Crippen LogP contribution in [0.1, 0.15) is 81.6 Å². The molecule has 2 heterocycles. The third-order valence-corrected chi connectivity index (χ3v) is 5.31. The van der Waals surface area contributed by atoms with Crippen molar-refractivity contribution in [3.8, 4) is 0 Å². The van der Waals surface area contributed by atoms with E-state index in [0.29, 0.717) is 23.9 Å². The Hall–Kier alpha value is -1.15. The largest absolute Gasteiger partial charge is 0.293 e. The van der Waals surface area contributed by atoms with Gasteiger partial charge in [0.2, 0.25) is 0 Å². The molecule has 1 aliphatic rings. The summed E-state index contributed by atoms with van der Waals surface area (Å²) in [6.07, 6.45) is 2.45. The molecule has 1 aliphatic heterocycles. The second-order valence-electron chi connectivity index (χ2n) is 7.51. The number of allylic oxidation sites excluding steroid dienone is 1. The predicted molar refractivity (Wildman–Crippen MR) is 96.3 cm³/mol. The average Bonchev–Trinajstić information content (AvgIpc) is 2.53. The first kappa shape index (κ1) is 17.2. The summed E-state index contributed by atoms with van der Waals surface area (Å²) in [5, 5.41) is 0. The quantitative estimate of drug-likeness (QED) is 0.741. The molecule has 0 bridgehead atoms. The van der Waals surface area contributed by atoms with E-state index in [1.807, 2.05) is 0 Å². The molecular formula is C20H32N2. The molecule has 0 amide bonds. The van der Waals surface area contributed by atoms with E-state index < -0.39 is 0 Å². The third kappa shape index (κ3) is 2.74. The smallest absolute Gasteiger partial charge is 0.0510 e. The van der Waals surface area contributed by atoms with Crippen LogP contribution in [0.25, 0.3) is 5.57 Å². The monoisotopic (exact) mass is 300 g/mol. The first-order valence-corrected chi connectivity index (χ1v) is 8.61. The summed E-state index contributed by atoms with van der Waals surface area (Å²) in [5.74, 6) is 0.961. The second kappa shape index (κ2) is 6.16. The molecular weight excluding hydrogens is 268 g/mol. The van der Waals surface area contributed by atoms with Crippen LogP contribution in [-0.2, 0) is 0 Å². The van der Waals surface area contributed by atoms with Crippen LogP contribution in [0.5, 0.6) is 0 Å². The van der Waals surface area contributed by atoms with Gasteiger partial charge in [0.15, 0.2) is 0 Å². The van der Waals surface area contributed by atoms with Gasteiger partial charge in [0.1, 0.15) is 0 Å². The van der Waals surface area contributed by atoms with Crippen molar-refractivity contribution in [1.29, 1.82) is 0 Å². The number of hydrogen-bond acceptors (Lipinski definition) is 2. The second-order valence-corrected chi connectivity index (χ2v) is 7.51. The van der Waals surface area contributed by atoms with Crippen molar-refractivity contribution in [2.45, 2.75) is 73.4 Å². The standard InChI is InChI=1S/C20H32N2/c1-11(2)17-10-13(5)22(9)16(8)18-14(6)15(7)21-20(12(3)4)19(17)18/h10-13,16H,1-9H3/t13-,16+/m1/s1. The van der Waals surface area contributed by atoms with E-state index >= 15 is 0 Å². The summed E-state index contributed by atoms with van der Waals surface area (Å²) in [6, 6.07) is 0.858. The molecule has 22 heavy (non-hydrogen) atoms. The van der Waals surface area contributed by atoms with Crippen LogP contribution in [-0.4, -0.2) is 23.0 Å². The highest BCUT2D eigenvalue weighted by Crippen LogP contribution is 2.41. The Balaban J connectivity index is 2.90. The van der Waals surface area contributed by atoms with Crippen molar-refractivity contribution in [1.82, 2.24) is 9.88 Å². The molecule has 0 aliphatic carbocycles. The molecule has 0 radical (unpaired) electrons. The van der Waals surface area contributed by atoms with Crippen molar-refractivity contribution < 1.29 is 0 Å². The van der Waals surface area contributed by atoms with Crippen LogP contribution in [0.4, 0.5) is 0 Å². The molecule has 0 aromatic carbocycles. The SMILES string of the molecule is Cc1nc(C(C)C)c2c(c1C)[C@H](C)N(C)[C@H](C)C=C2C(C)C. The van der Waals surface area contributed by atoms with Crippen molar-refractivity contribution in [2.24, 2.45) is 5.92 Å². The summed E-state index contributed by atoms with van der Waals surface area (Å²) in [6.45, 7) is 18.2. The van der Waals surface area contributed by atoms with Gasteiger partial charge < -0.3 is 0 Å². The van der Waals surface area contributed by atoms with E-state index in [4.69, 9.17) is 4.98 Å². The number of hydrogen-bond donors (Lipinski definition) is 0. The molecule has 1 aromatic rings. The number of pyridine rings is 1. The number of rotatable bonds is 2. The molecule has 0 saturated carbocycles. The highest BCUT2D eigenvalue weighted by atomic mass is 15.1. The molecule has 0 fully saturated rings. The molecule has 122 valence electrons. The summed E-state index contributed by atoms with van der Waals surface area (Å²) >= 11 is 0. The lowest BCUT2D eigenvalue weighted by atomic mass is 9.83. The van der Waals surface area contributed by atoms with Crippen LogP contribution in [0.2, 0.25) is 0 Å². The Labute approximate surface area is 136 Å². The van der Waals surface area contributed by atoms with Gasteiger partial charge in [0.25, 0.3) is 0 Å². The van der Waals surface area contributed by atoms with Crippen LogP contribution >= 0.6 is 0 Å². The first-order valence-electron chi connectivity index (χ1n) is 8.61. The molecule has 2 nitrogen and oxygen atoms in total. The van der Waals surface area contributed by atoms with Gasteiger partial charge in [-0.2, -0.15) is 0 Å². The van der Waals surface area contributed by atoms with Crippen LogP contribution in [0.3, 0.4) is 0 Å². The van der Waals surface area contributed by atoms with Crippen LogP contribution < -0.4 is 0 Å². The lowest BCUT2D eigenvalue weighted by Gasteiger charge is -2.30. The number of fused-ring (bicyclic) bond motifs is 1. The topological polar surface area (TPSA) is 16.1 Å². The minimum atomic E-state index is 0.414. The Morgan fingerprint density at radius 2 is 1.64 bits per heavy atom. The highest BCUT2D eigenvalue weighted by molar-refractivity contribution is 5.74. The van der Waals surface area contributed by atoms with Crippen molar-refractivity contribution in [3.63, 3.8) is 0 Å². The van der Waals surface area contributed by atoms with Crippen molar-refractivity contribution >= 4 is 5.57 Å². The van der Waals surface area contributed by atoms with Gasteiger partial charge in [-0.1, -0.05) is 33.8 Å². The van der Waals surface area contributed by atoms with Crippen LogP contribution in [0, 0.1) is 19.8 Å². The third-order valence-electron chi connectivity index (χ3n) is 5.31. The first-order chi connectivity index (χ1) is 10.2. The van der Waals surface area contributed by atoms with Gasteiger partial charge in [0, 0.05) is 23.3 Å². The average molecular weight is 300 g/mol. The minimum absolute atomic E-state index is 0.414. The molecule has 0 saturated heterocycles. The van der Waals surface area contributed by atoms with Gasteiger partial charge in [-0.3, -0.25) is 9.88 Å². The van der Waals surface area contributed by atoms with E-state index in [2.05, 4.69) is 73.4 Å². The molecule has 2 rings (SSSR count). The number of aryl methyl sites for hydroxylation is 1. The van der Waals surface area contributed by atoms with Crippen LogP contribution in [0.15, 0.2) is 6.08 Å². The van der Waals surface area contributed by atoms with Gasteiger partial charge in [-0.05, 0) is 63.3 Å². The van der Waals surface area contributed by atoms with E-state index in [0.717, 1.165) is 0 Å². The minimum Gasteiger partial charge on any atom is -0.293 e. The molecule has 0 spiro atoms. The normalized spacial score (nSPS) is 22.8. The van der Waals surface area contributed by atoms with Gasteiger partial charge >= 0.3 is 0 Å². The van der Waals surface area contributed by atoms with Gasteiger partial charge in [-0.15, -0.1) is 0 Å². The Bertz CT molecular complexity index is 596. The number of aromatic nitrogens is 1. The van der Waals surface area contributed by atoms with Gasteiger partial charge in [0.05, 0.1) is 5.69 Å². The maximum Gasteiger partial charge on any atom is 0.0510 e. The predicted octanol–water partition coefficient (Wildman–Crippen LogP) is 5.26. The van der Waals surface area contributed by atoms with Crippen molar-refractivity contribution in [3.05, 3.63) is 34.2 Å². The molecule has 2 heteroatoms. The summed E-state index contributed by atoms with van der Waals surface area (Å²) in [7, 11) is 2.24. The van der Waals surface area contributed by atoms with Gasteiger partial charge in [-0.25, -0.2) is 0 Å². The fourth-order valence-corrected chi connectivity index (χ4v) is 3.58. The maximum absolute atomic E-state index is 4.98. The van der Waals surface area contributed by atoms with E-state index in [-0.39, 0.29) is 0 Å². The summed E-state index contributed by atoms with van der Waals surface area (Å²) < 4.78 is 0. The molecule has 0 N–H and O–H groups in total. The zero-order valence-electron chi connectivity index (χ0n) is 15.8. The van der Waals surface area contributed by atoms with E-state index in [1.165, 1.54) is 33.7 Å². The fraction of sp³-hybridized carbons (Fsp3) is 0.650. The maximum atomic E-state index is 4.98. The molecule has 0 unspecified atom stereocenters. The Kier molecular flexibility index (Phi) is 4.81. The fourth-order valence-electron chi connectivity index (χ4n) is 3.58. The zero-order chi connectivity index (χ0) is 16.8. The van der Waals surface area contributed by atoms with E-state index in [9.17, 15) is 0 Å². The molecule has 1 aromatic heterocycles.